The van der Waals surface area contributed by atoms with Gasteiger partial charge in [0.05, 0.1) is 24.2 Å². The Kier molecular flexibility index (Phi) is 6.52. The molecule has 0 fully saturated rings. The van der Waals surface area contributed by atoms with Crippen LogP contribution in [0.5, 0.6) is 5.75 Å². The van der Waals surface area contributed by atoms with Gasteiger partial charge in [-0.2, -0.15) is 0 Å². The summed E-state index contributed by atoms with van der Waals surface area (Å²) in [6.45, 7) is 1.45. The van der Waals surface area contributed by atoms with Gasteiger partial charge < -0.3 is 15.0 Å². The lowest BCUT2D eigenvalue weighted by Crippen LogP contribution is -2.32. The van der Waals surface area contributed by atoms with Crippen molar-refractivity contribution in [3.63, 3.8) is 0 Å². The summed E-state index contributed by atoms with van der Waals surface area (Å²) in [7, 11) is 3.63. The molecule has 0 saturated carbocycles. The Bertz CT molecular complexity index is 1360. The monoisotopic (exact) mass is 490 g/mol. The number of rotatable bonds is 8. The first-order valence-corrected chi connectivity index (χ1v) is 12.4. The van der Waals surface area contributed by atoms with Crippen LogP contribution in [0.1, 0.15) is 34.4 Å². The van der Waals surface area contributed by atoms with Crippen molar-refractivity contribution in [1.82, 2.24) is 14.9 Å². The van der Waals surface area contributed by atoms with E-state index < -0.39 is 0 Å². The summed E-state index contributed by atoms with van der Waals surface area (Å²) < 4.78 is 6.07. The molecule has 35 heavy (non-hydrogen) atoms. The van der Waals surface area contributed by atoms with Gasteiger partial charge >= 0.3 is 0 Å². The summed E-state index contributed by atoms with van der Waals surface area (Å²) in [6, 6.07) is 4.05. The highest BCUT2D eigenvalue weighted by Gasteiger charge is 2.30. The molecule has 2 aliphatic rings. The smallest absolute Gasteiger partial charge is 0.225 e. The maximum Gasteiger partial charge on any atom is 0.225 e. The largest absolute Gasteiger partial charge is 0.491 e. The topological polar surface area (TPSA) is 128 Å². The summed E-state index contributed by atoms with van der Waals surface area (Å²) in [5.41, 5.74) is 12.7. The number of ether oxygens (including phenoxy) is 1. The van der Waals surface area contributed by atoms with Crippen LogP contribution in [-0.2, 0) is 24.2 Å². The number of aromatic nitrogens is 2. The van der Waals surface area contributed by atoms with Crippen LogP contribution in [0.2, 0.25) is 0 Å². The molecule has 1 N–H and O–H groups in total. The number of carbonyl (C=O) groups excluding carboxylic acids is 1. The van der Waals surface area contributed by atoms with Crippen LogP contribution in [-0.4, -0.2) is 54.2 Å². The fourth-order valence-corrected chi connectivity index (χ4v) is 5.89. The summed E-state index contributed by atoms with van der Waals surface area (Å²) in [5, 5.41) is 8.09. The summed E-state index contributed by atoms with van der Waals surface area (Å²) in [4.78, 5) is 32.6. The average Bonchev–Trinajstić information content (AvgIpc) is 3.47. The van der Waals surface area contributed by atoms with Crippen molar-refractivity contribution in [2.75, 3.05) is 32.6 Å². The van der Waals surface area contributed by atoms with E-state index in [-0.39, 0.29) is 11.8 Å². The number of carbonyl (C=O) groups is 1. The first kappa shape index (κ1) is 23.1. The molecule has 3 heterocycles. The van der Waals surface area contributed by atoms with E-state index in [0.717, 1.165) is 52.1 Å². The number of fused-ring (bicyclic) bond motifs is 4. The molecule has 10 nitrogen and oxygen atoms in total. The summed E-state index contributed by atoms with van der Waals surface area (Å²) >= 11 is 1.65. The fraction of sp³-hybridized carbons (Fsp3) is 0.417. The van der Waals surface area contributed by atoms with Gasteiger partial charge in [-0.15, -0.1) is 11.3 Å². The van der Waals surface area contributed by atoms with Crippen molar-refractivity contribution in [2.24, 2.45) is 16.0 Å². The van der Waals surface area contributed by atoms with E-state index in [1.54, 1.807) is 22.6 Å². The van der Waals surface area contributed by atoms with Gasteiger partial charge in [-0.3, -0.25) is 9.79 Å². The number of benzene rings is 1. The molecular weight excluding hydrogens is 464 g/mol. The number of nitrogens with one attached hydrogen (secondary N) is 1. The van der Waals surface area contributed by atoms with E-state index in [4.69, 9.17) is 10.3 Å². The zero-order valence-electron chi connectivity index (χ0n) is 19.7. The number of aryl methyl sites for hydroxylation is 1. The Morgan fingerprint density at radius 1 is 1.37 bits per heavy atom. The fourth-order valence-electron chi connectivity index (χ4n) is 4.63. The van der Waals surface area contributed by atoms with Crippen molar-refractivity contribution >= 4 is 45.2 Å². The lowest BCUT2D eigenvalue weighted by molar-refractivity contribution is -0.133. The highest BCUT2D eigenvalue weighted by Crippen LogP contribution is 2.42. The predicted octanol–water partition coefficient (Wildman–Crippen LogP) is 4.64. The van der Waals surface area contributed by atoms with Gasteiger partial charge in [-0.1, -0.05) is 5.11 Å². The first-order valence-electron chi connectivity index (χ1n) is 11.6. The zero-order chi connectivity index (χ0) is 24.4. The first-order chi connectivity index (χ1) is 17.0. The molecule has 1 unspecified atom stereocenters. The lowest BCUT2D eigenvalue weighted by Gasteiger charge is -2.24. The molecule has 1 atom stereocenters. The third-order valence-corrected chi connectivity index (χ3v) is 7.51. The van der Waals surface area contributed by atoms with Crippen LogP contribution in [0.25, 0.3) is 20.7 Å². The van der Waals surface area contributed by atoms with Crippen LogP contribution < -0.4 is 10.1 Å². The number of amides is 1. The van der Waals surface area contributed by atoms with E-state index in [9.17, 15) is 4.79 Å². The van der Waals surface area contributed by atoms with Crippen LogP contribution in [0.3, 0.4) is 0 Å². The molecule has 11 heteroatoms. The van der Waals surface area contributed by atoms with E-state index in [2.05, 4.69) is 30.3 Å². The minimum absolute atomic E-state index is 0.0105. The Morgan fingerprint density at radius 2 is 2.26 bits per heavy atom. The summed E-state index contributed by atoms with van der Waals surface area (Å²) in [6.07, 6.45) is 6.45. The molecule has 0 spiro atoms. The normalized spacial score (nSPS) is 15.9. The van der Waals surface area contributed by atoms with Gasteiger partial charge in [0.2, 0.25) is 5.91 Å². The number of azide groups is 1. The van der Waals surface area contributed by atoms with Gasteiger partial charge in [0.1, 0.15) is 22.7 Å². The molecule has 180 valence electrons. The molecular formula is C24H26N8O2S. The Hall–Kier alpha value is -3.69. The molecule has 0 bridgehead atoms. The second kappa shape index (κ2) is 9.89. The predicted molar refractivity (Wildman–Crippen MR) is 137 cm³/mol. The van der Waals surface area contributed by atoms with Gasteiger partial charge in [0.25, 0.3) is 0 Å². The molecule has 3 aromatic rings. The SMILES string of the molecule is CN(C)C(=O)C1CCc2c(sc3ncnc(Nc4cc5c(cc4OCCCN=[N+]=[N-])CN=C5)c23)C1. The third-order valence-electron chi connectivity index (χ3n) is 6.35. The van der Waals surface area contributed by atoms with E-state index in [0.29, 0.717) is 31.9 Å². The molecule has 5 rings (SSSR count). The standard InChI is InChI=1S/C24H26N8O2S/c1-32(2)24(33)14-4-5-17-20(10-14)35-23-21(17)22(27-13-28-23)30-18-8-15-11-26-12-16(15)9-19(18)34-7-3-6-29-31-25/h8-9,11,13-14H,3-7,10,12H2,1-2H3,(H,27,28,30). The van der Waals surface area contributed by atoms with Gasteiger partial charge in [0.15, 0.2) is 0 Å². The molecule has 0 radical (unpaired) electrons. The second-order valence-electron chi connectivity index (χ2n) is 8.88. The Labute approximate surface area is 206 Å². The van der Waals surface area contributed by atoms with Gasteiger partial charge in [-0.25, -0.2) is 9.97 Å². The van der Waals surface area contributed by atoms with Crippen LogP contribution in [0, 0.1) is 5.92 Å². The third kappa shape index (κ3) is 4.65. The van der Waals surface area contributed by atoms with Crippen molar-refractivity contribution in [3.8, 4) is 5.75 Å². The average molecular weight is 491 g/mol. The van der Waals surface area contributed by atoms with Crippen LogP contribution in [0.4, 0.5) is 11.5 Å². The highest BCUT2D eigenvalue weighted by molar-refractivity contribution is 7.19. The Morgan fingerprint density at radius 3 is 3.09 bits per heavy atom. The molecule has 2 aromatic heterocycles. The van der Waals surface area contributed by atoms with Gasteiger partial charge in [0, 0.05) is 42.6 Å². The summed E-state index contributed by atoms with van der Waals surface area (Å²) in [5.74, 6) is 1.64. The number of thiophene rings is 1. The molecule has 1 aromatic carbocycles. The zero-order valence-corrected chi connectivity index (χ0v) is 20.5. The highest BCUT2D eigenvalue weighted by atomic mass is 32.1. The Balaban J connectivity index is 1.45. The van der Waals surface area contributed by atoms with Crippen molar-refractivity contribution < 1.29 is 9.53 Å². The number of nitrogens with zero attached hydrogens (tertiary/aromatic N) is 7. The van der Waals surface area contributed by atoms with Crippen LogP contribution >= 0.6 is 11.3 Å². The van der Waals surface area contributed by atoms with Crippen molar-refractivity contribution in [2.45, 2.75) is 32.2 Å². The number of hydrogen-bond donors (Lipinski definition) is 1. The maximum atomic E-state index is 12.5. The quantitative estimate of drug-likeness (QED) is 0.213. The molecule has 0 saturated heterocycles. The van der Waals surface area contributed by atoms with E-state index in [1.165, 1.54) is 10.4 Å². The lowest BCUT2D eigenvalue weighted by atomic mass is 9.87. The second-order valence-corrected chi connectivity index (χ2v) is 9.96. The molecule has 1 aliphatic heterocycles. The number of anilines is 2. The minimum atomic E-state index is 0.0105. The maximum absolute atomic E-state index is 12.5. The van der Waals surface area contributed by atoms with E-state index >= 15 is 0 Å². The molecule has 1 amide bonds. The van der Waals surface area contributed by atoms with Gasteiger partial charge in [-0.05, 0) is 60.0 Å². The minimum Gasteiger partial charge on any atom is -0.491 e. The molecule has 1 aliphatic carbocycles. The number of aliphatic imine (C=N–C) groups is 1. The van der Waals surface area contributed by atoms with E-state index in [1.807, 2.05) is 32.4 Å². The van der Waals surface area contributed by atoms with Crippen molar-refractivity contribution in [3.05, 3.63) is 50.5 Å². The number of hydrogen-bond acceptors (Lipinski definition) is 8. The van der Waals surface area contributed by atoms with Crippen LogP contribution in [0.15, 0.2) is 28.6 Å². The van der Waals surface area contributed by atoms with Crippen molar-refractivity contribution in [1.29, 1.82) is 0 Å².